The Morgan fingerprint density at radius 3 is 2.67 bits per heavy atom. The van der Waals surface area contributed by atoms with Gasteiger partial charge in [0, 0.05) is 7.05 Å². The molecule has 0 aromatic carbocycles. The van der Waals surface area contributed by atoms with Crippen LogP contribution in [0.25, 0.3) is 0 Å². The lowest BCUT2D eigenvalue weighted by Gasteiger charge is -2.37. The number of amides is 2. The number of rotatable bonds is 3. The van der Waals surface area contributed by atoms with Crippen LogP contribution >= 0.6 is 0 Å². The van der Waals surface area contributed by atoms with Gasteiger partial charge in [-0.2, -0.15) is 5.10 Å². The first-order valence-electron chi connectivity index (χ1n) is 6.06. The van der Waals surface area contributed by atoms with E-state index in [0.29, 0.717) is 13.1 Å². The number of β-amino-alcohol motifs (C(OH)–C–C–N with tert-alkyl or cyclic N) is 1. The molecule has 0 spiro atoms. The Morgan fingerprint density at radius 1 is 1.56 bits per heavy atom. The Balaban J connectivity index is 2.03. The summed E-state index contributed by atoms with van der Waals surface area (Å²) in [5.74, 6) is 0.947. The molecule has 1 unspecified atom stereocenters. The van der Waals surface area contributed by atoms with Crippen LogP contribution in [-0.2, 0) is 7.05 Å². The van der Waals surface area contributed by atoms with Gasteiger partial charge >= 0.3 is 6.03 Å². The smallest absolute Gasteiger partial charge is 0.318 e. The van der Waals surface area contributed by atoms with E-state index in [1.54, 1.807) is 16.6 Å². The maximum absolute atomic E-state index is 11.9. The average Bonchev–Trinajstić information content (AvgIpc) is 2.67. The summed E-state index contributed by atoms with van der Waals surface area (Å²) in [5.41, 5.74) is 0. The van der Waals surface area contributed by atoms with Crippen molar-refractivity contribution >= 4 is 6.03 Å². The number of urea groups is 1. The molecule has 1 atom stereocenters. The topological polar surface area (TPSA) is 83.3 Å². The maximum Gasteiger partial charge on any atom is 0.318 e. The zero-order valence-corrected chi connectivity index (χ0v) is 10.9. The Morgan fingerprint density at radius 2 is 2.22 bits per heavy atom. The van der Waals surface area contributed by atoms with E-state index in [4.69, 9.17) is 0 Å². The third-order valence-electron chi connectivity index (χ3n) is 3.12. The molecule has 2 N–H and O–H groups in total. The van der Waals surface area contributed by atoms with E-state index in [-0.39, 0.29) is 24.1 Å². The molecule has 2 rings (SSSR count). The van der Waals surface area contributed by atoms with Gasteiger partial charge in [-0.1, -0.05) is 13.8 Å². The van der Waals surface area contributed by atoms with Gasteiger partial charge in [0.25, 0.3) is 0 Å². The first-order chi connectivity index (χ1) is 8.49. The second-order valence-corrected chi connectivity index (χ2v) is 4.97. The van der Waals surface area contributed by atoms with Crippen molar-refractivity contribution in [3.63, 3.8) is 0 Å². The van der Waals surface area contributed by atoms with Crippen molar-refractivity contribution in [3.8, 4) is 0 Å². The average molecular weight is 253 g/mol. The van der Waals surface area contributed by atoms with Crippen molar-refractivity contribution in [1.29, 1.82) is 0 Å². The number of aliphatic hydroxyl groups is 1. The maximum atomic E-state index is 11.9. The first-order valence-corrected chi connectivity index (χ1v) is 6.06. The fourth-order valence-corrected chi connectivity index (χ4v) is 1.96. The van der Waals surface area contributed by atoms with Crippen molar-refractivity contribution in [1.82, 2.24) is 25.0 Å². The van der Waals surface area contributed by atoms with Crippen LogP contribution in [0.3, 0.4) is 0 Å². The van der Waals surface area contributed by atoms with Crippen LogP contribution in [0, 0.1) is 5.92 Å². The Hall–Kier alpha value is -1.63. The summed E-state index contributed by atoms with van der Waals surface area (Å²) < 4.78 is 1.66. The Bertz CT molecular complexity index is 425. The van der Waals surface area contributed by atoms with E-state index in [1.807, 2.05) is 13.8 Å². The summed E-state index contributed by atoms with van der Waals surface area (Å²) >= 11 is 0. The molecule has 7 nitrogen and oxygen atoms in total. The number of aliphatic hydroxyl groups excluding tert-OH is 1. The van der Waals surface area contributed by atoms with Crippen LogP contribution in [-0.4, -0.2) is 50.0 Å². The number of carbonyl (C=O) groups is 1. The fraction of sp³-hybridized carbons (Fsp3) is 0.727. The van der Waals surface area contributed by atoms with Crippen molar-refractivity contribution in [2.75, 3.05) is 13.1 Å². The molecule has 2 amide bonds. The predicted octanol–water partition coefficient (Wildman–Crippen LogP) is -0.102. The van der Waals surface area contributed by atoms with Crippen molar-refractivity contribution < 1.29 is 9.90 Å². The second-order valence-electron chi connectivity index (χ2n) is 4.97. The molecule has 100 valence electrons. The number of nitrogens with zero attached hydrogens (tertiary/aromatic N) is 4. The van der Waals surface area contributed by atoms with Gasteiger partial charge in [-0.15, -0.1) is 0 Å². The van der Waals surface area contributed by atoms with E-state index in [1.165, 1.54) is 6.33 Å². The summed E-state index contributed by atoms with van der Waals surface area (Å²) in [5, 5.41) is 16.1. The second kappa shape index (κ2) is 4.93. The van der Waals surface area contributed by atoms with Crippen LogP contribution < -0.4 is 5.32 Å². The molecule has 1 saturated heterocycles. The van der Waals surface area contributed by atoms with Gasteiger partial charge in [0.2, 0.25) is 0 Å². The highest BCUT2D eigenvalue weighted by Gasteiger charge is 2.31. The molecule has 1 aliphatic rings. The lowest BCUT2D eigenvalue weighted by Crippen LogP contribution is -2.57. The minimum absolute atomic E-state index is 0.165. The highest BCUT2D eigenvalue weighted by Crippen LogP contribution is 2.20. The van der Waals surface area contributed by atoms with Crippen molar-refractivity contribution in [3.05, 3.63) is 12.2 Å². The van der Waals surface area contributed by atoms with Crippen molar-refractivity contribution in [2.24, 2.45) is 13.0 Å². The minimum atomic E-state index is -0.386. The van der Waals surface area contributed by atoms with E-state index >= 15 is 0 Å². The number of carbonyl (C=O) groups excluding carboxylic acids is 1. The molecule has 0 aliphatic carbocycles. The standard InChI is InChI=1S/C11H19N5O2/c1-7(2)9(10-12-6-13-15(10)3)14-11(18)16-4-8(17)5-16/h6-9,17H,4-5H2,1-3H3,(H,14,18). The molecular weight excluding hydrogens is 234 g/mol. The van der Waals surface area contributed by atoms with Crippen LogP contribution in [0.1, 0.15) is 25.7 Å². The lowest BCUT2D eigenvalue weighted by molar-refractivity contribution is 0.0251. The SMILES string of the molecule is CC(C)C(NC(=O)N1CC(O)C1)c1ncnn1C. The number of hydrogen-bond donors (Lipinski definition) is 2. The summed E-state index contributed by atoms with van der Waals surface area (Å²) in [6.45, 7) is 4.83. The van der Waals surface area contributed by atoms with Gasteiger partial charge in [0.05, 0.1) is 25.2 Å². The summed E-state index contributed by atoms with van der Waals surface area (Å²) in [7, 11) is 1.80. The van der Waals surface area contributed by atoms with Crippen LogP contribution in [0.15, 0.2) is 6.33 Å². The number of hydrogen-bond acceptors (Lipinski definition) is 4. The molecule has 1 aromatic rings. The number of nitrogens with one attached hydrogen (secondary N) is 1. The van der Waals surface area contributed by atoms with Gasteiger partial charge in [0.1, 0.15) is 12.2 Å². The highest BCUT2D eigenvalue weighted by molar-refractivity contribution is 5.75. The van der Waals surface area contributed by atoms with Crippen LogP contribution in [0.4, 0.5) is 4.79 Å². The third-order valence-corrected chi connectivity index (χ3v) is 3.12. The van der Waals surface area contributed by atoms with Gasteiger partial charge in [-0.25, -0.2) is 9.78 Å². The Labute approximate surface area is 106 Å². The first kappa shape index (κ1) is 12.8. The highest BCUT2D eigenvalue weighted by atomic mass is 16.3. The summed E-state index contributed by atoms with van der Waals surface area (Å²) in [6.07, 6.45) is 1.09. The molecule has 0 bridgehead atoms. The zero-order chi connectivity index (χ0) is 13.3. The van der Waals surface area contributed by atoms with Crippen molar-refractivity contribution in [2.45, 2.75) is 26.0 Å². The molecule has 2 heterocycles. The summed E-state index contributed by atoms with van der Waals surface area (Å²) in [4.78, 5) is 17.7. The summed E-state index contributed by atoms with van der Waals surface area (Å²) in [6, 6.07) is -0.343. The Kier molecular flexibility index (Phi) is 3.51. The predicted molar refractivity (Wildman–Crippen MR) is 64.7 cm³/mol. The quantitative estimate of drug-likeness (QED) is 0.788. The van der Waals surface area contributed by atoms with E-state index in [2.05, 4.69) is 15.4 Å². The number of aryl methyl sites for hydroxylation is 1. The number of aromatic nitrogens is 3. The molecular formula is C11H19N5O2. The number of likely N-dealkylation sites (tertiary alicyclic amines) is 1. The zero-order valence-electron chi connectivity index (χ0n) is 10.9. The third kappa shape index (κ3) is 2.45. The normalized spacial score (nSPS) is 17.7. The molecule has 1 fully saturated rings. The molecule has 1 aliphatic heterocycles. The molecule has 7 heteroatoms. The van der Waals surface area contributed by atoms with E-state index in [0.717, 1.165) is 5.82 Å². The fourth-order valence-electron chi connectivity index (χ4n) is 1.96. The molecule has 0 radical (unpaired) electrons. The van der Waals surface area contributed by atoms with Gasteiger partial charge in [0.15, 0.2) is 0 Å². The van der Waals surface area contributed by atoms with Crippen LogP contribution in [0.2, 0.25) is 0 Å². The van der Waals surface area contributed by atoms with Gasteiger partial charge < -0.3 is 15.3 Å². The van der Waals surface area contributed by atoms with Crippen LogP contribution in [0.5, 0.6) is 0 Å². The molecule has 18 heavy (non-hydrogen) atoms. The monoisotopic (exact) mass is 253 g/mol. The molecule has 1 aromatic heterocycles. The lowest BCUT2D eigenvalue weighted by atomic mass is 10.0. The van der Waals surface area contributed by atoms with Gasteiger partial charge in [-0.05, 0) is 5.92 Å². The minimum Gasteiger partial charge on any atom is -0.389 e. The largest absolute Gasteiger partial charge is 0.389 e. The molecule has 0 saturated carbocycles. The van der Waals surface area contributed by atoms with Gasteiger partial charge in [-0.3, -0.25) is 4.68 Å². The van der Waals surface area contributed by atoms with E-state index < -0.39 is 0 Å². The van der Waals surface area contributed by atoms with E-state index in [9.17, 15) is 9.90 Å².